The Bertz CT molecular complexity index is 804. The average Bonchev–Trinajstić information content (AvgIpc) is 2.54. The second-order valence-corrected chi connectivity index (χ2v) is 8.43. The number of rotatable bonds is 6. The first kappa shape index (κ1) is 20.2. The summed E-state index contributed by atoms with van der Waals surface area (Å²) in [7, 11) is -4.62. The fraction of sp³-hybridized carbons (Fsp3) is 0.538. The number of hydrogen-bond acceptors (Lipinski definition) is 8. The smallest absolute Gasteiger partial charge is 0.352 e. The largest absolute Gasteiger partial charge is 0.477 e. The lowest BCUT2D eigenvalue weighted by molar-refractivity contribution is -0.151. The van der Waals surface area contributed by atoms with Crippen molar-refractivity contribution >= 4 is 45.6 Å². The molecule has 3 N–H and O–H groups in total. The van der Waals surface area contributed by atoms with Crippen LogP contribution >= 0.6 is 11.8 Å². The minimum atomic E-state index is -4.62. The number of nitrogens with one attached hydrogen (secondary N) is 1. The predicted octanol–water partition coefficient (Wildman–Crippen LogP) is -1.44. The Morgan fingerprint density at radius 2 is 2.04 bits per heavy atom. The number of carboxylic acids is 1. The van der Waals surface area contributed by atoms with E-state index in [9.17, 15) is 32.7 Å². The molecule has 2 rings (SSSR count). The molecule has 144 valence electrons. The zero-order valence-electron chi connectivity index (χ0n) is 13.7. The third kappa shape index (κ3) is 3.83. The van der Waals surface area contributed by atoms with E-state index in [2.05, 4.69) is 5.32 Å². The van der Waals surface area contributed by atoms with Gasteiger partial charge in [-0.25, -0.2) is 4.79 Å². The molecule has 0 bridgehead atoms. The summed E-state index contributed by atoms with van der Waals surface area (Å²) in [5, 5.41) is 9.07. The van der Waals surface area contributed by atoms with Crippen LogP contribution in [0.4, 0.5) is 0 Å². The maximum absolute atomic E-state index is 12.3. The highest BCUT2D eigenvalue weighted by Crippen LogP contribution is 2.40. The zero-order chi connectivity index (χ0) is 19.8. The van der Waals surface area contributed by atoms with Crippen molar-refractivity contribution in [1.29, 1.82) is 0 Å². The highest BCUT2D eigenvalue weighted by molar-refractivity contribution is 8.00. The van der Waals surface area contributed by atoms with Crippen LogP contribution in [0.3, 0.4) is 0 Å². The number of nitrogens with zero attached hydrogens (tertiary/aromatic N) is 1. The molecule has 2 aliphatic heterocycles. The molecule has 0 aromatic carbocycles. The summed E-state index contributed by atoms with van der Waals surface area (Å²) >= 11 is 1.13. The van der Waals surface area contributed by atoms with E-state index in [1.54, 1.807) is 0 Å². The van der Waals surface area contributed by atoms with Crippen LogP contribution in [-0.2, 0) is 34.0 Å². The maximum atomic E-state index is 12.3. The molecule has 0 radical (unpaired) electrons. The summed E-state index contributed by atoms with van der Waals surface area (Å²) < 4.78 is 35.7. The van der Waals surface area contributed by atoms with E-state index in [1.807, 2.05) is 0 Å². The topological polar surface area (TPSA) is 167 Å². The van der Waals surface area contributed by atoms with Gasteiger partial charge in [-0.05, 0) is 6.92 Å². The van der Waals surface area contributed by atoms with Crippen LogP contribution < -0.4 is 5.32 Å². The number of carboxylic acid groups (broad SMARTS) is 1. The van der Waals surface area contributed by atoms with Crippen molar-refractivity contribution in [1.82, 2.24) is 10.2 Å². The molecule has 2 heterocycles. The lowest BCUT2D eigenvalue weighted by Gasteiger charge is -2.49. The Balaban J connectivity index is 2.17. The molecule has 1 saturated heterocycles. The third-order valence-corrected chi connectivity index (χ3v) is 6.26. The quantitative estimate of drug-likeness (QED) is 0.269. The highest BCUT2D eigenvalue weighted by atomic mass is 32.2. The Hall–Kier alpha value is -2.12. The van der Waals surface area contributed by atoms with E-state index >= 15 is 0 Å². The van der Waals surface area contributed by atoms with Gasteiger partial charge in [0.1, 0.15) is 23.7 Å². The minimum absolute atomic E-state index is 0.142. The number of carbonyl (C=O) groups excluding carboxylic acids is 3. The number of ether oxygens (including phenoxy) is 1. The van der Waals surface area contributed by atoms with Gasteiger partial charge in [0.25, 0.3) is 16.0 Å². The highest BCUT2D eigenvalue weighted by Gasteiger charge is 2.54. The normalized spacial score (nSPS) is 23.7. The van der Waals surface area contributed by atoms with E-state index in [0.29, 0.717) is 0 Å². The van der Waals surface area contributed by atoms with Gasteiger partial charge in [0.15, 0.2) is 5.25 Å². The summed E-state index contributed by atoms with van der Waals surface area (Å²) in [4.78, 5) is 47.5. The Morgan fingerprint density at radius 3 is 2.54 bits per heavy atom. The summed E-state index contributed by atoms with van der Waals surface area (Å²) in [6, 6.07) is -1.12. The van der Waals surface area contributed by atoms with Crippen LogP contribution in [0.2, 0.25) is 0 Å². The van der Waals surface area contributed by atoms with Gasteiger partial charge in [-0.2, -0.15) is 8.42 Å². The van der Waals surface area contributed by atoms with Crippen LogP contribution in [-0.4, -0.2) is 75.8 Å². The first-order valence-electron chi connectivity index (χ1n) is 7.25. The van der Waals surface area contributed by atoms with Gasteiger partial charge in [-0.15, -0.1) is 11.8 Å². The van der Waals surface area contributed by atoms with Gasteiger partial charge in [0.05, 0.1) is 0 Å². The average molecular weight is 408 g/mol. The number of amides is 2. The predicted molar refractivity (Wildman–Crippen MR) is 87.3 cm³/mol. The van der Waals surface area contributed by atoms with Crippen molar-refractivity contribution in [3.63, 3.8) is 0 Å². The van der Waals surface area contributed by atoms with Crippen LogP contribution in [0.25, 0.3) is 0 Å². The molecule has 2 amide bonds. The standard InChI is InChI=1S/C13H16N2O9S2/c1-5(26(21,22)23)10(17)14-8-11(18)15-9(13(19)20)7(3-24-6(2)16)4-25-12(8)15/h5,8,12H,3-4H2,1-2H3,(H,14,17)(H,19,20)(H,21,22,23)/t5?,8-,12-/m1/s1. The molecule has 2 aliphatic rings. The fourth-order valence-corrected chi connectivity index (χ4v) is 4.05. The van der Waals surface area contributed by atoms with Gasteiger partial charge >= 0.3 is 11.9 Å². The van der Waals surface area contributed by atoms with Crippen molar-refractivity contribution < 1.29 is 42.0 Å². The van der Waals surface area contributed by atoms with Crippen LogP contribution in [0.1, 0.15) is 13.8 Å². The van der Waals surface area contributed by atoms with Crippen LogP contribution in [0.15, 0.2) is 11.3 Å². The number of hydrogen-bond donors (Lipinski definition) is 3. The van der Waals surface area contributed by atoms with E-state index in [0.717, 1.165) is 30.5 Å². The Kier molecular flexibility index (Phi) is 5.63. The van der Waals surface area contributed by atoms with Gasteiger partial charge in [-0.3, -0.25) is 23.8 Å². The number of thioether (sulfide) groups is 1. The van der Waals surface area contributed by atoms with E-state index in [4.69, 9.17) is 9.29 Å². The molecule has 0 spiro atoms. The molecule has 0 aromatic rings. The van der Waals surface area contributed by atoms with Crippen molar-refractivity contribution in [2.75, 3.05) is 12.4 Å². The minimum Gasteiger partial charge on any atom is -0.477 e. The molecule has 13 heteroatoms. The van der Waals surface area contributed by atoms with Crippen molar-refractivity contribution in [3.05, 3.63) is 11.3 Å². The summed E-state index contributed by atoms with van der Waals surface area (Å²) in [5.74, 6) is -3.66. The lowest BCUT2D eigenvalue weighted by atomic mass is 10.0. The van der Waals surface area contributed by atoms with Gasteiger partial charge in [0, 0.05) is 18.2 Å². The Morgan fingerprint density at radius 1 is 1.42 bits per heavy atom. The molecule has 11 nitrogen and oxygen atoms in total. The molecular formula is C13H16N2O9S2. The van der Waals surface area contributed by atoms with E-state index in [-0.39, 0.29) is 23.6 Å². The molecule has 1 fully saturated rings. The second kappa shape index (κ2) is 7.25. The van der Waals surface area contributed by atoms with Crippen molar-refractivity contribution in [2.24, 2.45) is 0 Å². The SMILES string of the molecule is CC(=O)OCC1=C(C(=O)O)N2C(=O)[C@@H](NC(=O)C(C)S(=O)(=O)O)[C@H]2SC1. The van der Waals surface area contributed by atoms with Crippen LogP contribution in [0, 0.1) is 0 Å². The number of β-lactam (4-membered cyclic amide) rings is 1. The zero-order valence-corrected chi connectivity index (χ0v) is 15.3. The van der Waals surface area contributed by atoms with E-state index < -0.39 is 50.5 Å². The van der Waals surface area contributed by atoms with Crippen molar-refractivity contribution in [2.45, 2.75) is 30.5 Å². The van der Waals surface area contributed by atoms with Crippen molar-refractivity contribution in [3.8, 4) is 0 Å². The number of carbonyl (C=O) groups is 4. The van der Waals surface area contributed by atoms with Gasteiger partial charge in [-0.1, -0.05) is 0 Å². The molecule has 26 heavy (non-hydrogen) atoms. The first-order valence-corrected chi connectivity index (χ1v) is 9.80. The maximum Gasteiger partial charge on any atom is 0.352 e. The number of esters is 1. The summed E-state index contributed by atoms with van der Waals surface area (Å²) in [5.41, 5.74) is -0.0910. The van der Waals surface area contributed by atoms with E-state index in [1.165, 1.54) is 0 Å². The molecule has 3 atom stereocenters. The fourth-order valence-electron chi connectivity index (χ4n) is 2.39. The van der Waals surface area contributed by atoms with Gasteiger partial charge in [0.2, 0.25) is 5.91 Å². The van der Waals surface area contributed by atoms with Crippen LogP contribution in [0.5, 0.6) is 0 Å². The number of aliphatic carboxylic acids is 1. The lowest BCUT2D eigenvalue weighted by Crippen LogP contribution is -2.71. The molecular weight excluding hydrogens is 392 g/mol. The molecule has 0 aromatic heterocycles. The second-order valence-electron chi connectivity index (χ2n) is 5.59. The van der Waals surface area contributed by atoms with Gasteiger partial charge < -0.3 is 15.2 Å². The number of fused-ring (bicyclic) bond motifs is 1. The molecule has 1 unspecified atom stereocenters. The molecule has 0 saturated carbocycles. The monoisotopic (exact) mass is 408 g/mol. The summed E-state index contributed by atoms with van der Waals surface area (Å²) in [6.45, 7) is 1.84. The molecule has 0 aliphatic carbocycles. The Labute approximate surface area is 152 Å². The third-order valence-electron chi connectivity index (χ3n) is 3.81. The summed E-state index contributed by atoms with van der Waals surface area (Å²) in [6.07, 6.45) is 0. The first-order chi connectivity index (χ1) is 11.9.